The van der Waals surface area contributed by atoms with Crippen LogP contribution >= 0.6 is 0 Å². The molecule has 166 valence electrons. The smallest absolute Gasteiger partial charge is 0.220 e. The Bertz CT molecular complexity index is 867. The molecule has 0 spiro atoms. The molecule has 1 amide bonds. The highest BCUT2D eigenvalue weighted by atomic mass is 16.6. The highest BCUT2D eigenvalue weighted by Crippen LogP contribution is 2.33. The number of aliphatic hydroxyl groups is 1. The van der Waals surface area contributed by atoms with Gasteiger partial charge in [-0.15, -0.1) is 0 Å². The molecule has 2 aromatic carbocycles. The summed E-state index contributed by atoms with van der Waals surface area (Å²) in [6.07, 6.45) is 1.87. The zero-order chi connectivity index (χ0) is 21.6. The molecule has 1 saturated heterocycles. The predicted octanol–water partition coefficient (Wildman–Crippen LogP) is 3.27. The first kappa shape index (κ1) is 21.7. The van der Waals surface area contributed by atoms with Gasteiger partial charge in [0.25, 0.3) is 0 Å². The number of benzene rings is 2. The zero-order valence-corrected chi connectivity index (χ0v) is 18.1. The number of amides is 1. The Hall–Kier alpha value is -2.57. The van der Waals surface area contributed by atoms with E-state index >= 15 is 0 Å². The van der Waals surface area contributed by atoms with Crippen LogP contribution in [0.15, 0.2) is 48.5 Å². The van der Waals surface area contributed by atoms with Crippen molar-refractivity contribution in [1.29, 1.82) is 0 Å². The average molecular weight is 425 g/mol. The number of nitrogens with one attached hydrogen (secondary N) is 1. The minimum Gasteiger partial charge on any atom is -0.486 e. The molecule has 0 aromatic heterocycles. The van der Waals surface area contributed by atoms with Gasteiger partial charge in [-0.05, 0) is 55.1 Å². The van der Waals surface area contributed by atoms with E-state index in [1.807, 2.05) is 48.5 Å². The number of aliphatic hydroxyl groups excluding tert-OH is 1. The highest BCUT2D eigenvalue weighted by Gasteiger charge is 2.28. The fourth-order valence-electron chi connectivity index (χ4n) is 4.39. The van der Waals surface area contributed by atoms with Crippen LogP contribution < -0.4 is 14.8 Å². The minimum absolute atomic E-state index is 0.0443. The van der Waals surface area contributed by atoms with E-state index in [1.54, 1.807) is 0 Å². The van der Waals surface area contributed by atoms with Gasteiger partial charge in [-0.25, -0.2) is 0 Å². The quantitative estimate of drug-likeness (QED) is 0.681. The first-order valence-corrected chi connectivity index (χ1v) is 11.2. The first-order valence-electron chi connectivity index (χ1n) is 11.2. The fourth-order valence-corrected chi connectivity index (χ4v) is 4.39. The summed E-state index contributed by atoms with van der Waals surface area (Å²) in [4.78, 5) is 15.2. The van der Waals surface area contributed by atoms with Gasteiger partial charge in [0.15, 0.2) is 11.5 Å². The number of likely N-dealkylation sites (tertiary alicyclic amines) is 1. The van der Waals surface area contributed by atoms with E-state index in [9.17, 15) is 9.90 Å². The van der Waals surface area contributed by atoms with Crippen LogP contribution in [0.25, 0.3) is 0 Å². The molecular formula is C25H32N2O4. The van der Waals surface area contributed by atoms with Gasteiger partial charge in [0, 0.05) is 13.0 Å². The van der Waals surface area contributed by atoms with Crippen molar-refractivity contribution in [3.63, 3.8) is 0 Å². The van der Waals surface area contributed by atoms with Gasteiger partial charge in [0.2, 0.25) is 5.91 Å². The van der Waals surface area contributed by atoms with Crippen molar-refractivity contribution in [2.45, 2.75) is 44.2 Å². The molecule has 0 bridgehead atoms. The van der Waals surface area contributed by atoms with Gasteiger partial charge < -0.3 is 24.8 Å². The lowest BCUT2D eigenvalue weighted by Crippen LogP contribution is -2.47. The van der Waals surface area contributed by atoms with Crippen LogP contribution in [-0.2, 0) is 4.79 Å². The summed E-state index contributed by atoms with van der Waals surface area (Å²) in [5, 5.41) is 14.3. The van der Waals surface area contributed by atoms with Crippen molar-refractivity contribution in [2.24, 2.45) is 0 Å². The summed E-state index contributed by atoms with van der Waals surface area (Å²) in [6.45, 7) is 5.71. The summed E-state index contributed by atoms with van der Waals surface area (Å²) in [5.41, 5.74) is 1.87. The summed E-state index contributed by atoms with van der Waals surface area (Å²) < 4.78 is 11.3. The van der Waals surface area contributed by atoms with Crippen LogP contribution in [0.3, 0.4) is 0 Å². The van der Waals surface area contributed by atoms with E-state index in [4.69, 9.17) is 9.47 Å². The molecule has 3 atom stereocenters. The molecule has 1 fully saturated rings. The number of ether oxygens (including phenoxy) is 2. The van der Waals surface area contributed by atoms with Crippen molar-refractivity contribution in [2.75, 3.05) is 32.8 Å². The maximum atomic E-state index is 12.9. The van der Waals surface area contributed by atoms with Crippen molar-refractivity contribution < 1.29 is 19.4 Å². The van der Waals surface area contributed by atoms with E-state index in [-0.39, 0.29) is 11.8 Å². The summed E-state index contributed by atoms with van der Waals surface area (Å²) >= 11 is 0. The lowest BCUT2D eigenvalue weighted by Gasteiger charge is -2.30. The van der Waals surface area contributed by atoms with Crippen LogP contribution in [-0.4, -0.2) is 54.8 Å². The largest absolute Gasteiger partial charge is 0.486 e. The minimum atomic E-state index is -0.826. The molecule has 31 heavy (non-hydrogen) atoms. The van der Waals surface area contributed by atoms with Gasteiger partial charge in [0.05, 0.1) is 6.04 Å². The lowest BCUT2D eigenvalue weighted by molar-refractivity contribution is -0.123. The molecule has 2 aliphatic heterocycles. The first-order chi connectivity index (χ1) is 15.1. The van der Waals surface area contributed by atoms with Crippen molar-refractivity contribution in [3.05, 3.63) is 59.7 Å². The van der Waals surface area contributed by atoms with Crippen molar-refractivity contribution >= 4 is 5.91 Å². The normalized spacial score (nSPS) is 18.9. The van der Waals surface area contributed by atoms with E-state index in [0.29, 0.717) is 37.7 Å². The van der Waals surface area contributed by atoms with E-state index in [2.05, 4.69) is 17.1 Å². The average Bonchev–Trinajstić information content (AvgIpc) is 3.31. The highest BCUT2D eigenvalue weighted by molar-refractivity contribution is 5.77. The Kier molecular flexibility index (Phi) is 7.10. The molecule has 2 heterocycles. The second-order valence-electron chi connectivity index (χ2n) is 8.55. The van der Waals surface area contributed by atoms with Gasteiger partial charge in [-0.1, -0.05) is 43.3 Å². The number of carbonyl (C=O) groups excluding carboxylic acids is 1. The molecular weight excluding hydrogens is 392 g/mol. The Labute approximate surface area is 184 Å². The van der Waals surface area contributed by atoms with Crippen molar-refractivity contribution in [3.8, 4) is 11.5 Å². The molecule has 4 rings (SSSR count). The second-order valence-corrected chi connectivity index (χ2v) is 8.55. The third-order valence-electron chi connectivity index (χ3n) is 6.15. The van der Waals surface area contributed by atoms with Crippen LogP contribution in [0.1, 0.15) is 49.3 Å². The zero-order valence-electron chi connectivity index (χ0n) is 18.1. The maximum absolute atomic E-state index is 12.9. The Morgan fingerprint density at radius 1 is 1.03 bits per heavy atom. The molecule has 0 aliphatic carbocycles. The number of hydrogen-bond acceptors (Lipinski definition) is 5. The number of nitrogens with zero attached hydrogens (tertiary/aromatic N) is 1. The van der Waals surface area contributed by atoms with E-state index < -0.39 is 12.1 Å². The molecule has 0 saturated carbocycles. The molecule has 6 nitrogen and oxygen atoms in total. The number of hydrogen-bond donors (Lipinski definition) is 2. The van der Waals surface area contributed by atoms with Gasteiger partial charge in [0.1, 0.15) is 19.3 Å². The second kappa shape index (κ2) is 10.2. The topological polar surface area (TPSA) is 71.0 Å². The van der Waals surface area contributed by atoms with Crippen LogP contribution in [0.5, 0.6) is 11.5 Å². The molecule has 6 heteroatoms. The Morgan fingerprint density at radius 3 is 2.48 bits per heavy atom. The number of rotatable bonds is 8. The van der Waals surface area contributed by atoms with E-state index in [1.165, 1.54) is 0 Å². The number of fused-ring (bicyclic) bond motifs is 1. The molecule has 1 unspecified atom stereocenters. The summed E-state index contributed by atoms with van der Waals surface area (Å²) in [5.74, 6) is 1.41. The molecule has 2 N–H and O–H groups in total. The molecule has 0 radical (unpaired) electrons. The Morgan fingerprint density at radius 2 is 1.74 bits per heavy atom. The Balaban J connectivity index is 1.46. The molecule has 2 aromatic rings. The third kappa shape index (κ3) is 5.57. The fraction of sp³-hybridized carbons (Fsp3) is 0.480. The maximum Gasteiger partial charge on any atom is 0.220 e. The van der Waals surface area contributed by atoms with E-state index in [0.717, 1.165) is 37.1 Å². The van der Waals surface area contributed by atoms with Crippen molar-refractivity contribution in [1.82, 2.24) is 10.2 Å². The monoisotopic (exact) mass is 424 g/mol. The lowest BCUT2D eigenvalue weighted by atomic mass is 9.96. The molecule has 2 aliphatic rings. The summed E-state index contributed by atoms with van der Waals surface area (Å²) in [6, 6.07) is 15.2. The van der Waals surface area contributed by atoms with Gasteiger partial charge in [-0.3, -0.25) is 4.79 Å². The van der Waals surface area contributed by atoms with Crippen LogP contribution in [0.4, 0.5) is 0 Å². The van der Waals surface area contributed by atoms with Gasteiger partial charge >= 0.3 is 0 Å². The summed E-state index contributed by atoms with van der Waals surface area (Å²) in [7, 11) is 0. The van der Waals surface area contributed by atoms with Crippen LogP contribution in [0, 0.1) is 0 Å². The van der Waals surface area contributed by atoms with Gasteiger partial charge in [-0.2, -0.15) is 0 Å². The van der Waals surface area contributed by atoms with Crippen LogP contribution in [0.2, 0.25) is 0 Å². The third-order valence-corrected chi connectivity index (χ3v) is 6.15. The SMILES string of the molecule is CC(CC(=O)N[C@H](CN1CCCC1)[C@H](O)c1ccc2c(c1)OCCO2)c1ccccc1. The standard InChI is InChI=1S/C25H32N2O4/c1-18(19-7-3-2-4-8-19)15-24(28)26-21(17-27-11-5-6-12-27)25(29)20-9-10-22-23(16-20)31-14-13-30-22/h2-4,7-10,16,18,21,25,29H,5-6,11-15,17H2,1H3,(H,26,28)/t18?,21-,25-/m1/s1. The number of carbonyl (C=O) groups is 1. The predicted molar refractivity (Wildman–Crippen MR) is 119 cm³/mol.